The van der Waals surface area contributed by atoms with Crippen LogP contribution >= 0.6 is 11.6 Å². The van der Waals surface area contributed by atoms with Gasteiger partial charge in [-0.25, -0.2) is 4.39 Å². The van der Waals surface area contributed by atoms with Gasteiger partial charge in [-0.1, -0.05) is 37.1 Å². The van der Waals surface area contributed by atoms with Gasteiger partial charge in [-0.15, -0.1) is 0 Å². The van der Waals surface area contributed by atoms with Crippen LogP contribution in [-0.4, -0.2) is 26.7 Å². The first kappa shape index (κ1) is 23.4. The van der Waals surface area contributed by atoms with Gasteiger partial charge in [0, 0.05) is 24.8 Å². The van der Waals surface area contributed by atoms with Crippen LogP contribution in [0.3, 0.4) is 0 Å². The maximum atomic E-state index is 13.2. The van der Waals surface area contributed by atoms with Crippen LogP contribution < -0.4 is 16.0 Å². The summed E-state index contributed by atoms with van der Waals surface area (Å²) in [6.07, 6.45) is -3.57. The number of alkyl halides is 3. The normalized spacial score (nSPS) is 13.9. The summed E-state index contributed by atoms with van der Waals surface area (Å²) in [5.74, 6) is 0.00885. The monoisotopic (exact) mass is 431 g/mol. The second-order valence-corrected chi connectivity index (χ2v) is 7.22. The van der Waals surface area contributed by atoms with Crippen LogP contribution in [0.4, 0.5) is 23.2 Å². The van der Waals surface area contributed by atoms with Gasteiger partial charge in [0.1, 0.15) is 5.82 Å². The average Bonchev–Trinajstić information content (AvgIpc) is 2.68. The third kappa shape index (κ3) is 6.87. The van der Waals surface area contributed by atoms with E-state index >= 15 is 0 Å². The molecule has 2 rings (SSSR count). The molecule has 2 aromatic rings. The summed E-state index contributed by atoms with van der Waals surface area (Å²) < 4.78 is 51.9. The highest BCUT2D eigenvalue weighted by atomic mass is 35.5. The van der Waals surface area contributed by atoms with Crippen molar-refractivity contribution in [1.29, 1.82) is 0 Å². The lowest BCUT2D eigenvalue weighted by molar-refractivity contribution is -0.137. The highest BCUT2D eigenvalue weighted by molar-refractivity contribution is 6.31. The molecule has 3 N–H and O–H groups in total. The van der Waals surface area contributed by atoms with E-state index in [-0.39, 0.29) is 22.8 Å². The van der Waals surface area contributed by atoms with Crippen LogP contribution in [0, 0.1) is 11.7 Å². The lowest BCUT2D eigenvalue weighted by Crippen LogP contribution is -2.34. The summed E-state index contributed by atoms with van der Waals surface area (Å²) in [6.45, 7) is 3.86. The Balaban J connectivity index is 1.85. The fourth-order valence-corrected chi connectivity index (χ4v) is 3.50. The quantitative estimate of drug-likeness (QED) is 0.344. The molecule has 0 aliphatic rings. The van der Waals surface area contributed by atoms with E-state index in [1.807, 2.05) is 7.05 Å². The third-order valence-electron chi connectivity index (χ3n) is 4.85. The topological polar surface area (TPSA) is 36.1 Å². The Morgan fingerprint density at radius 2 is 1.72 bits per heavy atom. The van der Waals surface area contributed by atoms with Crippen molar-refractivity contribution in [2.75, 3.05) is 32.0 Å². The van der Waals surface area contributed by atoms with Gasteiger partial charge in [0.25, 0.3) is 0 Å². The SMILES string of the molecule is CCC(CNCCNc1ccc(Cl)c(C(F)(F)F)c1)C(NC)c1ccc(F)cc1. The lowest BCUT2D eigenvalue weighted by Gasteiger charge is -2.27. The zero-order chi connectivity index (χ0) is 21.4. The summed E-state index contributed by atoms with van der Waals surface area (Å²) in [4.78, 5) is 0. The number of nitrogens with one attached hydrogen (secondary N) is 3. The van der Waals surface area contributed by atoms with Crippen molar-refractivity contribution in [2.45, 2.75) is 25.6 Å². The van der Waals surface area contributed by atoms with E-state index in [1.165, 1.54) is 24.3 Å². The first-order chi connectivity index (χ1) is 13.8. The number of anilines is 1. The highest BCUT2D eigenvalue weighted by Crippen LogP contribution is 2.36. The smallest absolute Gasteiger partial charge is 0.384 e. The van der Waals surface area contributed by atoms with Crippen molar-refractivity contribution >= 4 is 17.3 Å². The molecule has 0 aliphatic carbocycles. The van der Waals surface area contributed by atoms with Crippen LogP contribution in [0.5, 0.6) is 0 Å². The maximum absolute atomic E-state index is 13.2. The van der Waals surface area contributed by atoms with Crippen LogP contribution in [0.25, 0.3) is 0 Å². The number of rotatable bonds is 10. The Labute approximate surface area is 173 Å². The molecule has 0 spiro atoms. The largest absolute Gasteiger partial charge is 0.417 e. The van der Waals surface area contributed by atoms with Crippen molar-refractivity contribution in [2.24, 2.45) is 5.92 Å². The standard InChI is InChI=1S/C21H26ClF4N3/c1-3-14(20(27-2)15-4-6-16(23)7-5-15)13-28-10-11-29-17-8-9-19(22)18(12-17)21(24,25)26/h4-9,12,14,20,27-29H,3,10-11,13H2,1-2H3. The maximum Gasteiger partial charge on any atom is 0.417 e. The molecule has 0 bridgehead atoms. The average molecular weight is 432 g/mol. The third-order valence-corrected chi connectivity index (χ3v) is 5.17. The minimum atomic E-state index is -4.48. The number of hydrogen-bond acceptors (Lipinski definition) is 3. The van der Waals surface area contributed by atoms with E-state index < -0.39 is 11.7 Å². The Bertz CT molecular complexity index is 766. The molecular formula is C21H26ClF4N3. The predicted molar refractivity (Wildman–Crippen MR) is 110 cm³/mol. The van der Waals surface area contributed by atoms with Crippen LogP contribution in [-0.2, 0) is 6.18 Å². The minimum absolute atomic E-state index is 0.0756. The summed E-state index contributed by atoms with van der Waals surface area (Å²) in [5.41, 5.74) is 0.538. The molecule has 2 aromatic carbocycles. The molecule has 0 aromatic heterocycles. The van der Waals surface area contributed by atoms with Crippen molar-refractivity contribution in [3.63, 3.8) is 0 Å². The zero-order valence-electron chi connectivity index (χ0n) is 16.4. The molecule has 0 heterocycles. The van der Waals surface area contributed by atoms with Gasteiger partial charge >= 0.3 is 6.18 Å². The van der Waals surface area contributed by atoms with Crippen molar-refractivity contribution in [1.82, 2.24) is 10.6 Å². The van der Waals surface area contributed by atoms with E-state index in [9.17, 15) is 17.6 Å². The van der Waals surface area contributed by atoms with Crippen molar-refractivity contribution < 1.29 is 17.6 Å². The van der Waals surface area contributed by atoms with Gasteiger partial charge < -0.3 is 16.0 Å². The molecule has 0 aliphatic heterocycles. The Morgan fingerprint density at radius 3 is 2.31 bits per heavy atom. The highest BCUT2D eigenvalue weighted by Gasteiger charge is 2.33. The number of halogens is 5. The van der Waals surface area contributed by atoms with E-state index in [0.29, 0.717) is 18.8 Å². The van der Waals surface area contributed by atoms with E-state index in [2.05, 4.69) is 22.9 Å². The predicted octanol–water partition coefficient (Wildman–Crippen LogP) is 5.49. The first-order valence-electron chi connectivity index (χ1n) is 9.50. The first-order valence-corrected chi connectivity index (χ1v) is 9.88. The van der Waals surface area contributed by atoms with Gasteiger partial charge in [-0.2, -0.15) is 13.2 Å². The van der Waals surface area contributed by atoms with Gasteiger partial charge in [-0.3, -0.25) is 0 Å². The lowest BCUT2D eigenvalue weighted by atomic mass is 9.91. The zero-order valence-corrected chi connectivity index (χ0v) is 17.2. The molecule has 0 saturated heterocycles. The summed E-state index contributed by atoms with van der Waals surface area (Å²) in [7, 11) is 1.87. The molecule has 2 unspecified atom stereocenters. The number of benzene rings is 2. The number of hydrogen-bond donors (Lipinski definition) is 3. The Hall–Kier alpha value is -1.83. The Kier molecular flexibility index (Phi) is 8.74. The van der Waals surface area contributed by atoms with Crippen LogP contribution in [0.1, 0.15) is 30.5 Å². The molecule has 0 fully saturated rings. The molecule has 0 amide bonds. The van der Waals surface area contributed by atoms with E-state index in [0.717, 1.165) is 24.6 Å². The van der Waals surface area contributed by atoms with Gasteiger partial charge in [0.2, 0.25) is 0 Å². The second-order valence-electron chi connectivity index (χ2n) is 6.81. The van der Waals surface area contributed by atoms with E-state index in [4.69, 9.17) is 11.6 Å². The van der Waals surface area contributed by atoms with Crippen LogP contribution in [0.15, 0.2) is 42.5 Å². The summed E-state index contributed by atoms with van der Waals surface area (Å²) in [6, 6.07) is 10.3. The molecule has 29 heavy (non-hydrogen) atoms. The fraction of sp³-hybridized carbons (Fsp3) is 0.429. The van der Waals surface area contributed by atoms with E-state index in [1.54, 1.807) is 12.1 Å². The second kappa shape index (κ2) is 10.8. The molecule has 0 radical (unpaired) electrons. The van der Waals surface area contributed by atoms with Crippen molar-refractivity contribution in [3.05, 3.63) is 64.4 Å². The molecule has 2 atom stereocenters. The molecular weight excluding hydrogens is 406 g/mol. The van der Waals surface area contributed by atoms with Crippen LogP contribution in [0.2, 0.25) is 5.02 Å². The fourth-order valence-electron chi connectivity index (χ4n) is 3.28. The van der Waals surface area contributed by atoms with Gasteiger partial charge in [0.05, 0.1) is 10.6 Å². The molecule has 8 heteroatoms. The molecule has 0 saturated carbocycles. The van der Waals surface area contributed by atoms with Crippen molar-refractivity contribution in [3.8, 4) is 0 Å². The van der Waals surface area contributed by atoms with Gasteiger partial charge in [-0.05, 0) is 55.4 Å². The van der Waals surface area contributed by atoms with Gasteiger partial charge in [0.15, 0.2) is 0 Å². The minimum Gasteiger partial charge on any atom is -0.384 e. The summed E-state index contributed by atoms with van der Waals surface area (Å²) in [5, 5.41) is 9.28. The molecule has 160 valence electrons. The molecule has 3 nitrogen and oxygen atoms in total. The Morgan fingerprint density at radius 1 is 1.03 bits per heavy atom. The summed E-state index contributed by atoms with van der Waals surface area (Å²) >= 11 is 5.63.